The molecule has 5 aromatic rings. The minimum Gasteiger partial charge on any atom is -0.321 e. The van der Waals surface area contributed by atoms with E-state index in [9.17, 15) is 19.2 Å². The third-order valence-electron chi connectivity index (χ3n) is 7.11. The average Bonchev–Trinajstić information content (AvgIpc) is 3.29. The Morgan fingerprint density at radius 2 is 1.49 bits per heavy atom. The monoisotopic (exact) mass is 685 g/mol. The summed E-state index contributed by atoms with van der Waals surface area (Å²) >= 11 is 13.8. The van der Waals surface area contributed by atoms with Gasteiger partial charge in [-0.15, -0.1) is 11.8 Å². The van der Waals surface area contributed by atoms with Gasteiger partial charge in [0.1, 0.15) is 11.4 Å². The summed E-state index contributed by atoms with van der Waals surface area (Å²) in [5.41, 5.74) is 2.47. The maximum atomic E-state index is 13.4. The third kappa shape index (κ3) is 8.04. The van der Waals surface area contributed by atoms with Crippen LogP contribution < -0.4 is 21.5 Å². The highest BCUT2D eigenvalue weighted by molar-refractivity contribution is 8.00. The van der Waals surface area contributed by atoms with Crippen molar-refractivity contribution in [2.24, 2.45) is 7.05 Å². The van der Waals surface area contributed by atoms with Gasteiger partial charge in [-0.25, -0.2) is 4.68 Å². The third-order valence-corrected chi connectivity index (χ3v) is 8.96. The Balaban J connectivity index is 1.24. The van der Waals surface area contributed by atoms with Crippen molar-refractivity contribution in [2.45, 2.75) is 11.8 Å². The van der Waals surface area contributed by atoms with Gasteiger partial charge in [0.15, 0.2) is 0 Å². The number of benzene rings is 4. The zero-order chi connectivity index (χ0) is 33.5. The maximum absolute atomic E-state index is 13.4. The Bertz CT molecular complexity index is 2030. The highest BCUT2D eigenvalue weighted by atomic mass is 35.5. The van der Waals surface area contributed by atoms with E-state index in [4.69, 9.17) is 23.2 Å². The summed E-state index contributed by atoms with van der Waals surface area (Å²) in [4.78, 5) is 53.0. The number of hydrogen-bond donors (Lipinski definition) is 3. The Morgan fingerprint density at radius 1 is 0.830 bits per heavy atom. The molecular formula is C35H29Cl2N5O4S. The number of amides is 3. The summed E-state index contributed by atoms with van der Waals surface area (Å²) < 4.78 is 3.20. The molecule has 0 saturated carbocycles. The predicted octanol–water partition coefficient (Wildman–Crippen LogP) is 6.93. The van der Waals surface area contributed by atoms with Crippen LogP contribution in [-0.4, -0.2) is 32.8 Å². The zero-order valence-electron chi connectivity index (χ0n) is 25.3. The highest BCUT2D eigenvalue weighted by Crippen LogP contribution is 2.27. The lowest BCUT2D eigenvalue weighted by Crippen LogP contribution is -2.30. The molecule has 1 heterocycles. The predicted molar refractivity (Wildman–Crippen MR) is 189 cm³/mol. The molecule has 4 aromatic carbocycles. The second kappa shape index (κ2) is 15.0. The van der Waals surface area contributed by atoms with Crippen molar-refractivity contribution in [1.82, 2.24) is 14.7 Å². The Labute approximate surface area is 285 Å². The van der Waals surface area contributed by atoms with E-state index in [2.05, 4.69) is 16.0 Å². The van der Waals surface area contributed by atoms with Gasteiger partial charge < -0.3 is 16.0 Å². The number of aromatic nitrogens is 2. The maximum Gasteiger partial charge on any atom is 0.295 e. The minimum atomic E-state index is -0.579. The van der Waals surface area contributed by atoms with Gasteiger partial charge in [-0.2, -0.15) is 0 Å². The Kier molecular flexibility index (Phi) is 10.7. The number of para-hydroxylation sites is 1. The van der Waals surface area contributed by atoms with Crippen molar-refractivity contribution in [3.63, 3.8) is 0 Å². The first kappa shape index (κ1) is 33.3. The summed E-state index contributed by atoms with van der Waals surface area (Å²) in [6, 6.07) is 29.5. The van der Waals surface area contributed by atoms with Crippen LogP contribution in [0, 0.1) is 6.92 Å². The largest absolute Gasteiger partial charge is 0.321 e. The van der Waals surface area contributed by atoms with Gasteiger partial charge in [0.25, 0.3) is 17.4 Å². The molecule has 47 heavy (non-hydrogen) atoms. The molecule has 0 aliphatic rings. The second-order valence-corrected chi connectivity index (χ2v) is 12.1. The standard InChI is InChI=1S/C35H29Cl2N5O4S/c1-22-32(35(46)42(41(22)2)26-13-7-4-8-14-26)40-30(43)21-47-27-18-16-25(17-19-27)38-34(45)29(20-24-12-9-15-28(36)31(24)37)39-33(44)23-10-5-3-6-11-23/h3-20H,21H2,1-2H3,(H,38,45)(H,39,44)(H,40,43)/b29-20-. The zero-order valence-corrected chi connectivity index (χ0v) is 27.6. The fourth-order valence-corrected chi connectivity index (χ4v) is 5.66. The average molecular weight is 687 g/mol. The second-order valence-electron chi connectivity index (χ2n) is 10.3. The molecule has 9 nitrogen and oxygen atoms in total. The number of rotatable bonds is 10. The van der Waals surface area contributed by atoms with Gasteiger partial charge in [-0.05, 0) is 73.2 Å². The molecule has 3 N–H and O–H groups in total. The van der Waals surface area contributed by atoms with E-state index in [0.717, 1.165) is 4.90 Å². The van der Waals surface area contributed by atoms with Crippen molar-refractivity contribution in [3.05, 3.63) is 146 Å². The van der Waals surface area contributed by atoms with Crippen molar-refractivity contribution in [3.8, 4) is 5.69 Å². The molecule has 5 rings (SSSR count). The lowest BCUT2D eigenvalue weighted by Gasteiger charge is -2.12. The van der Waals surface area contributed by atoms with Gasteiger partial charge >= 0.3 is 0 Å². The topological polar surface area (TPSA) is 114 Å². The molecule has 0 spiro atoms. The number of anilines is 2. The van der Waals surface area contributed by atoms with Crippen LogP contribution in [0.2, 0.25) is 10.0 Å². The van der Waals surface area contributed by atoms with E-state index in [1.165, 1.54) is 22.5 Å². The van der Waals surface area contributed by atoms with E-state index in [1.807, 2.05) is 30.3 Å². The molecule has 0 atom stereocenters. The quantitative estimate of drug-likeness (QED) is 0.109. The van der Waals surface area contributed by atoms with E-state index in [-0.39, 0.29) is 33.6 Å². The van der Waals surface area contributed by atoms with E-state index >= 15 is 0 Å². The number of nitrogens with zero attached hydrogens (tertiary/aromatic N) is 2. The van der Waals surface area contributed by atoms with Gasteiger partial charge in [-0.1, -0.05) is 71.7 Å². The normalized spacial score (nSPS) is 11.2. The molecular weight excluding hydrogens is 657 g/mol. The van der Waals surface area contributed by atoms with Gasteiger partial charge in [-0.3, -0.25) is 23.9 Å². The molecule has 0 aliphatic carbocycles. The summed E-state index contributed by atoms with van der Waals surface area (Å²) in [6.45, 7) is 1.77. The van der Waals surface area contributed by atoms with Crippen molar-refractivity contribution >= 4 is 70.1 Å². The molecule has 0 saturated heterocycles. The molecule has 0 bridgehead atoms. The smallest absolute Gasteiger partial charge is 0.295 e. The number of thioether (sulfide) groups is 1. The molecule has 238 valence electrons. The lowest BCUT2D eigenvalue weighted by atomic mass is 10.1. The minimum absolute atomic E-state index is 0.0410. The fraction of sp³-hybridized carbons (Fsp3) is 0.0857. The van der Waals surface area contributed by atoms with E-state index in [1.54, 1.807) is 91.4 Å². The number of nitrogens with one attached hydrogen (secondary N) is 3. The fourth-order valence-electron chi connectivity index (χ4n) is 4.60. The first-order chi connectivity index (χ1) is 22.6. The van der Waals surface area contributed by atoms with Crippen molar-refractivity contribution < 1.29 is 14.4 Å². The van der Waals surface area contributed by atoms with Gasteiger partial charge in [0.2, 0.25) is 5.91 Å². The lowest BCUT2D eigenvalue weighted by molar-refractivity contribution is -0.114. The molecule has 0 unspecified atom stereocenters. The van der Waals surface area contributed by atoms with Crippen LogP contribution in [0.1, 0.15) is 21.6 Å². The van der Waals surface area contributed by atoms with Crippen LogP contribution >= 0.6 is 35.0 Å². The summed E-state index contributed by atoms with van der Waals surface area (Å²) in [5.74, 6) is -1.32. The summed E-state index contributed by atoms with van der Waals surface area (Å²) in [7, 11) is 1.76. The van der Waals surface area contributed by atoms with Crippen LogP contribution in [0.3, 0.4) is 0 Å². The molecule has 12 heteroatoms. The first-order valence-electron chi connectivity index (χ1n) is 14.3. The van der Waals surface area contributed by atoms with Crippen LogP contribution in [-0.2, 0) is 16.6 Å². The SMILES string of the molecule is Cc1c(NC(=O)CSc2ccc(NC(=O)/C(=C/c3cccc(Cl)c3Cl)NC(=O)c3ccccc3)cc2)c(=O)n(-c2ccccc2)n1C. The number of halogens is 2. The first-order valence-corrected chi connectivity index (χ1v) is 16.1. The van der Waals surface area contributed by atoms with Crippen LogP contribution in [0.5, 0.6) is 0 Å². The van der Waals surface area contributed by atoms with Gasteiger partial charge in [0, 0.05) is 23.2 Å². The van der Waals surface area contributed by atoms with Crippen LogP contribution in [0.4, 0.5) is 11.4 Å². The van der Waals surface area contributed by atoms with E-state index < -0.39 is 11.8 Å². The summed E-state index contributed by atoms with van der Waals surface area (Å²) in [5, 5.41) is 8.75. The molecule has 0 aliphatic heterocycles. The van der Waals surface area contributed by atoms with Gasteiger partial charge in [0.05, 0.1) is 27.2 Å². The number of carbonyl (C=O) groups is 3. The Hall–Kier alpha value is -5.03. The molecule has 3 amide bonds. The molecule has 0 radical (unpaired) electrons. The summed E-state index contributed by atoms with van der Waals surface area (Å²) in [6.07, 6.45) is 1.45. The van der Waals surface area contributed by atoms with Crippen LogP contribution in [0.15, 0.2) is 119 Å². The van der Waals surface area contributed by atoms with E-state index in [0.29, 0.717) is 33.2 Å². The highest BCUT2D eigenvalue weighted by Gasteiger charge is 2.19. The van der Waals surface area contributed by atoms with Crippen molar-refractivity contribution in [1.29, 1.82) is 0 Å². The van der Waals surface area contributed by atoms with Crippen molar-refractivity contribution in [2.75, 3.05) is 16.4 Å². The molecule has 1 aromatic heterocycles. The number of carbonyl (C=O) groups excluding carboxylic acids is 3. The van der Waals surface area contributed by atoms with Crippen LogP contribution in [0.25, 0.3) is 11.8 Å². The molecule has 0 fully saturated rings. The number of hydrogen-bond acceptors (Lipinski definition) is 5. The Morgan fingerprint density at radius 3 is 2.17 bits per heavy atom.